The summed E-state index contributed by atoms with van der Waals surface area (Å²) in [5.41, 5.74) is -0.122. The van der Waals surface area contributed by atoms with Crippen molar-refractivity contribution in [3.8, 4) is 0 Å². The van der Waals surface area contributed by atoms with Crippen LogP contribution in [0.2, 0.25) is 0 Å². The van der Waals surface area contributed by atoms with Crippen LogP contribution in [-0.4, -0.2) is 28.8 Å². The van der Waals surface area contributed by atoms with Crippen molar-refractivity contribution in [3.05, 3.63) is 0 Å². The fraction of sp³-hybridized carbons (Fsp3) is 0.941. The molecule has 110 valence electrons. The Bertz CT molecular complexity index is 347. The molecule has 2 heteroatoms. The van der Waals surface area contributed by atoms with Crippen molar-refractivity contribution >= 4 is 5.78 Å². The molecule has 1 saturated carbocycles. The molecule has 0 aromatic rings. The van der Waals surface area contributed by atoms with E-state index in [-0.39, 0.29) is 17.0 Å². The number of rotatable bonds is 1. The number of ketones is 1. The van der Waals surface area contributed by atoms with Crippen LogP contribution in [-0.2, 0) is 4.79 Å². The average molecular weight is 265 g/mol. The van der Waals surface area contributed by atoms with Crippen LogP contribution in [0.25, 0.3) is 0 Å². The second kappa shape index (κ2) is 4.87. The van der Waals surface area contributed by atoms with Gasteiger partial charge >= 0.3 is 0 Å². The van der Waals surface area contributed by atoms with Gasteiger partial charge in [-0.2, -0.15) is 0 Å². The minimum atomic E-state index is -0.222. The van der Waals surface area contributed by atoms with E-state index in [9.17, 15) is 4.79 Å². The Morgan fingerprint density at radius 2 is 1.58 bits per heavy atom. The first-order valence-electron chi connectivity index (χ1n) is 7.93. The van der Waals surface area contributed by atoms with Crippen molar-refractivity contribution in [2.24, 2.45) is 17.3 Å². The van der Waals surface area contributed by atoms with E-state index in [0.29, 0.717) is 11.7 Å². The Labute approximate surface area is 118 Å². The minimum absolute atomic E-state index is 0.100. The highest BCUT2D eigenvalue weighted by atomic mass is 16.1. The molecule has 2 fully saturated rings. The third-order valence-electron chi connectivity index (χ3n) is 5.01. The number of carbonyl (C=O) groups is 1. The highest BCUT2D eigenvalue weighted by Gasteiger charge is 2.51. The molecule has 0 spiro atoms. The topological polar surface area (TPSA) is 20.3 Å². The van der Waals surface area contributed by atoms with Crippen molar-refractivity contribution < 1.29 is 4.79 Å². The summed E-state index contributed by atoms with van der Waals surface area (Å²) in [7, 11) is 0. The zero-order valence-electron chi connectivity index (χ0n) is 13.6. The molecular weight excluding hydrogens is 234 g/mol. The van der Waals surface area contributed by atoms with Crippen LogP contribution < -0.4 is 0 Å². The van der Waals surface area contributed by atoms with Crippen LogP contribution in [0, 0.1) is 17.3 Å². The van der Waals surface area contributed by atoms with Gasteiger partial charge in [0.05, 0.1) is 6.04 Å². The first-order valence-corrected chi connectivity index (χ1v) is 7.93. The summed E-state index contributed by atoms with van der Waals surface area (Å²) < 4.78 is 0. The van der Waals surface area contributed by atoms with Crippen LogP contribution in [0.3, 0.4) is 0 Å². The van der Waals surface area contributed by atoms with Crippen LogP contribution >= 0.6 is 0 Å². The van der Waals surface area contributed by atoms with Crippen LogP contribution in [0.1, 0.15) is 67.2 Å². The molecule has 1 aliphatic carbocycles. The lowest BCUT2D eigenvalue weighted by atomic mass is 9.73. The molecule has 0 radical (unpaired) electrons. The van der Waals surface area contributed by atoms with Crippen LogP contribution in [0.5, 0.6) is 0 Å². The fourth-order valence-corrected chi connectivity index (χ4v) is 3.95. The number of hydrogen-bond acceptors (Lipinski definition) is 2. The summed E-state index contributed by atoms with van der Waals surface area (Å²) in [5.74, 6) is 1.82. The quantitative estimate of drug-likeness (QED) is 0.717. The van der Waals surface area contributed by atoms with E-state index in [1.807, 2.05) is 0 Å². The second-order valence-electron chi connectivity index (χ2n) is 8.59. The fourth-order valence-electron chi connectivity index (χ4n) is 3.95. The van der Waals surface area contributed by atoms with Crippen molar-refractivity contribution in [2.75, 3.05) is 6.54 Å². The van der Waals surface area contributed by atoms with Gasteiger partial charge in [-0.25, -0.2) is 0 Å². The summed E-state index contributed by atoms with van der Waals surface area (Å²) in [5, 5.41) is 0. The minimum Gasteiger partial charge on any atom is -0.297 e. The summed E-state index contributed by atoms with van der Waals surface area (Å²) in [6.07, 6.45) is 5.25. The predicted molar refractivity (Wildman–Crippen MR) is 80.2 cm³/mol. The lowest BCUT2D eigenvalue weighted by Crippen LogP contribution is -2.52. The molecule has 3 atom stereocenters. The molecule has 0 amide bonds. The van der Waals surface area contributed by atoms with Crippen molar-refractivity contribution in [3.63, 3.8) is 0 Å². The SMILES string of the molecule is CC(C)(C)C(=O)C1[C@H]2CCCC[C@H]2CN1C(C)(C)C. The number of carbonyl (C=O) groups excluding carboxylic acids is 1. The lowest BCUT2D eigenvalue weighted by Gasteiger charge is -2.40. The van der Waals surface area contributed by atoms with E-state index in [1.165, 1.54) is 25.7 Å². The molecule has 1 aliphatic heterocycles. The van der Waals surface area contributed by atoms with Gasteiger partial charge in [0.15, 0.2) is 5.78 Å². The van der Waals surface area contributed by atoms with Crippen molar-refractivity contribution in [1.82, 2.24) is 4.90 Å². The smallest absolute Gasteiger partial charge is 0.155 e. The molecule has 0 aromatic carbocycles. The zero-order valence-corrected chi connectivity index (χ0v) is 13.6. The monoisotopic (exact) mass is 265 g/mol. The van der Waals surface area contributed by atoms with E-state index in [2.05, 4.69) is 46.4 Å². The number of nitrogens with zero attached hydrogens (tertiary/aromatic N) is 1. The van der Waals surface area contributed by atoms with Gasteiger partial charge in [0.1, 0.15) is 0 Å². The maximum absolute atomic E-state index is 12.9. The van der Waals surface area contributed by atoms with Gasteiger partial charge < -0.3 is 0 Å². The van der Waals surface area contributed by atoms with E-state index < -0.39 is 0 Å². The van der Waals surface area contributed by atoms with E-state index in [4.69, 9.17) is 0 Å². The average Bonchev–Trinajstić information content (AvgIpc) is 2.65. The van der Waals surface area contributed by atoms with Gasteiger partial charge in [-0.15, -0.1) is 0 Å². The molecule has 1 saturated heterocycles. The predicted octanol–water partition coefficient (Wildman–Crippen LogP) is 3.89. The van der Waals surface area contributed by atoms with E-state index in [1.54, 1.807) is 0 Å². The molecule has 2 nitrogen and oxygen atoms in total. The highest BCUT2D eigenvalue weighted by Crippen LogP contribution is 2.45. The zero-order chi connectivity index (χ0) is 14.4. The third-order valence-corrected chi connectivity index (χ3v) is 5.01. The molecule has 0 N–H and O–H groups in total. The molecule has 1 unspecified atom stereocenters. The summed E-state index contributed by atoms with van der Waals surface area (Å²) in [4.78, 5) is 15.4. The van der Waals surface area contributed by atoms with Crippen molar-refractivity contribution in [1.29, 1.82) is 0 Å². The maximum atomic E-state index is 12.9. The van der Waals surface area contributed by atoms with Crippen molar-refractivity contribution in [2.45, 2.75) is 78.8 Å². The maximum Gasteiger partial charge on any atom is 0.155 e. The van der Waals surface area contributed by atoms with Gasteiger partial charge in [-0.1, -0.05) is 33.6 Å². The number of likely N-dealkylation sites (tertiary alicyclic amines) is 1. The number of Topliss-reactive ketones (excluding diaryl/α,β-unsaturated/α-hetero) is 1. The highest BCUT2D eigenvalue weighted by molar-refractivity contribution is 5.89. The summed E-state index contributed by atoms with van der Waals surface area (Å²) >= 11 is 0. The molecular formula is C17H31NO. The van der Waals surface area contributed by atoms with Crippen LogP contribution in [0.4, 0.5) is 0 Å². The standard InChI is InChI=1S/C17H31NO/c1-16(2,3)15(19)14-13-10-8-7-9-12(13)11-18(14)17(4,5)6/h12-14H,7-11H2,1-6H3/t12-,13-,14?/m0/s1. The van der Waals surface area contributed by atoms with E-state index in [0.717, 1.165) is 12.5 Å². The Hall–Kier alpha value is -0.370. The van der Waals surface area contributed by atoms with Gasteiger partial charge in [-0.3, -0.25) is 9.69 Å². The molecule has 2 rings (SSSR count). The number of hydrogen-bond donors (Lipinski definition) is 0. The first-order chi connectivity index (χ1) is 8.62. The largest absolute Gasteiger partial charge is 0.297 e. The molecule has 2 aliphatic rings. The molecule has 19 heavy (non-hydrogen) atoms. The van der Waals surface area contributed by atoms with Gasteiger partial charge in [0.2, 0.25) is 0 Å². The van der Waals surface area contributed by atoms with Gasteiger partial charge in [0.25, 0.3) is 0 Å². The Balaban J connectivity index is 2.31. The summed E-state index contributed by atoms with van der Waals surface area (Å²) in [6, 6.07) is 0.158. The molecule has 1 heterocycles. The van der Waals surface area contributed by atoms with Gasteiger partial charge in [0, 0.05) is 17.5 Å². The molecule has 0 bridgehead atoms. The summed E-state index contributed by atoms with van der Waals surface area (Å²) in [6.45, 7) is 14.1. The Morgan fingerprint density at radius 1 is 1.00 bits per heavy atom. The molecule has 0 aromatic heterocycles. The first kappa shape index (κ1) is 15.0. The number of fused-ring (bicyclic) bond motifs is 1. The van der Waals surface area contributed by atoms with Crippen LogP contribution in [0.15, 0.2) is 0 Å². The van der Waals surface area contributed by atoms with E-state index >= 15 is 0 Å². The normalized spacial score (nSPS) is 33.3. The second-order valence-corrected chi connectivity index (χ2v) is 8.59. The lowest BCUT2D eigenvalue weighted by molar-refractivity contribution is -0.134. The third kappa shape index (κ3) is 2.89. The Kier molecular flexibility index (Phi) is 3.85. The Morgan fingerprint density at radius 3 is 2.11 bits per heavy atom. The van der Waals surface area contributed by atoms with Gasteiger partial charge in [-0.05, 0) is 45.4 Å².